The minimum Gasteiger partial charge on any atom is -0.417 e. The summed E-state index contributed by atoms with van der Waals surface area (Å²) in [6.07, 6.45) is 2.63. The zero-order valence-corrected chi connectivity index (χ0v) is 18.9. The van der Waals surface area contributed by atoms with E-state index >= 15 is 0 Å². The Morgan fingerprint density at radius 3 is 2.65 bits per heavy atom. The van der Waals surface area contributed by atoms with Gasteiger partial charge in [-0.1, -0.05) is 18.2 Å². The maximum absolute atomic E-state index is 14.7. The normalized spacial score (nSPS) is 15.1. The van der Waals surface area contributed by atoms with Gasteiger partial charge in [-0.05, 0) is 55.7 Å². The van der Waals surface area contributed by atoms with Crippen molar-refractivity contribution < 1.29 is 21.6 Å². The van der Waals surface area contributed by atoms with Crippen LogP contribution in [0.5, 0.6) is 0 Å². The third-order valence-corrected chi connectivity index (χ3v) is 7.96. The summed E-state index contributed by atoms with van der Waals surface area (Å²) < 4.78 is 66.6. The molecule has 0 bridgehead atoms. The lowest BCUT2D eigenvalue weighted by Gasteiger charge is -2.09. The number of pyridine rings is 1. The molecular formula is C25H19F2N3O3S. The molecule has 0 unspecified atom stereocenters. The molecule has 0 saturated heterocycles. The van der Waals surface area contributed by atoms with Crippen LogP contribution < -0.4 is 5.55 Å². The highest BCUT2D eigenvalue weighted by Gasteiger charge is 2.36. The van der Waals surface area contributed by atoms with Crippen LogP contribution in [0.25, 0.3) is 32.9 Å². The largest absolute Gasteiger partial charge is 0.417 e. The highest BCUT2D eigenvalue weighted by Crippen LogP contribution is 2.35. The Hall–Kier alpha value is -3.59. The second-order valence-corrected chi connectivity index (χ2v) is 10.5. The maximum atomic E-state index is 14.7. The number of aryl methyl sites for hydroxylation is 1. The number of halogens is 2. The monoisotopic (exact) mass is 479 g/mol. The molecule has 0 atom stereocenters. The molecule has 1 fully saturated rings. The predicted molar refractivity (Wildman–Crippen MR) is 125 cm³/mol. The van der Waals surface area contributed by atoms with Gasteiger partial charge in [-0.3, -0.25) is 0 Å². The second kappa shape index (κ2) is 7.46. The summed E-state index contributed by atoms with van der Waals surface area (Å²) >= 11 is 0. The molecule has 6 rings (SSSR count). The van der Waals surface area contributed by atoms with Crippen LogP contribution in [-0.2, 0) is 16.6 Å². The molecule has 0 spiro atoms. The van der Waals surface area contributed by atoms with E-state index in [1.54, 1.807) is 54.1 Å². The van der Waals surface area contributed by atoms with Crippen molar-refractivity contribution >= 4 is 42.9 Å². The van der Waals surface area contributed by atoms with E-state index in [1.807, 2.05) is 0 Å². The minimum atomic E-state index is -3.81. The van der Waals surface area contributed by atoms with Gasteiger partial charge < -0.3 is 8.98 Å². The van der Waals surface area contributed by atoms with Crippen molar-refractivity contribution in [2.24, 2.45) is 4.40 Å². The van der Waals surface area contributed by atoms with Gasteiger partial charge >= 0.3 is 0 Å². The summed E-state index contributed by atoms with van der Waals surface area (Å²) in [6.45, 7) is 1.69. The molecular weight excluding hydrogens is 460 g/mol. The number of rotatable bonds is 4. The van der Waals surface area contributed by atoms with Crippen LogP contribution in [-0.4, -0.2) is 23.2 Å². The first kappa shape index (κ1) is 21.0. The SMILES string of the molecule is Cc1cc2c3c4cccnc4oc(=NS(=O)(=O)C4CC4)c3n(Cc3ccccc3F)c2cc1F. The third-order valence-electron chi connectivity index (χ3n) is 6.22. The van der Waals surface area contributed by atoms with Crippen LogP contribution in [0.2, 0.25) is 0 Å². The van der Waals surface area contributed by atoms with Gasteiger partial charge in [-0.2, -0.15) is 0 Å². The van der Waals surface area contributed by atoms with E-state index in [1.165, 1.54) is 12.1 Å². The highest BCUT2D eigenvalue weighted by molar-refractivity contribution is 7.90. The van der Waals surface area contributed by atoms with Crippen LogP contribution >= 0.6 is 0 Å². The molecule has 1 saturated carbocycles. The molecule has 2 aromatic carbocycles. The summed E-state index contributed by atoms with van der Waals surface area (Å²) in [7, 11) is -3.81. The summed E-state index contributed by atoms with van der Waals surface area (Å²) in [5.74, 6) is -0.845. The Morgan fingerprint density at radius 2 is 1.88 bits per heavy atom. The van der Waals surface area contributed by atoms with E-state index in [0.717, 1.165) is 0 Å². The zero-order valence-electron chi connectivity index (χ0n) is 18.1. The lowest BCUT2D eigenvalue weighted by molar-refractivity contribution is 0.534. The van der Waals surface area contributed by atoms with E-state index in [2.05, 4.69) is 9.38 Å². The molecule has 34 heavy (non-hydrogen) atoms. The quantitative estimate of drug-likeness (QED) is 0.365. The Kier molecular flexibility index (Phi) is 4.60. The fourth-order valence-corrected chi connectivity index (χ4v) is 5.59. The van der Waals surface area contributed by atoms with E-state index in [0.29, 0.717) is 51.2 Å². The average molecular weight is 480 g/mol. The minimum absolute atomic E-state index is 0.0302. The molecule has 3 aromatic heterocycles. The topological polar surface area (TPSA) is 77.5 Å². The lowest BCUT2D eigenvalue weighted by atomic mass is 10.1. The summed E-state index contributed by atoms with van der Waals surface area (Å²) in [6, 6.07) is 12.9. The zero-order chi connectivity index (χ0) is 23.6. The van der Waals surface area contributed by atoms with Crippen LogP contribution in [0.15, 0.2) is 63.5 Å². The van der Waals surface area contributed by atoms with Crippen LogP contribution in [0.4, 0.5) is 8.78 Å². The summed E-state index contributed by atoms with van der Waals surface area (Å²) in [4.78, 5) is 4.27. The van der Waals surface area contributed by atoms with Gasteiger partial charge in [-0.25, -0.2) is 22.2 Å². The summed E-state index contributed by atoms with van der Waals surface area (Å²) in [5, 5.41) is 1.40. The standard InChI is InChI=1S/C25H19F2N3O3S/c1-14-11-18-21(12-20(14)27)30(13-15-5-2-3-7-19(15)26)23-22(18)17-6-4-10-28-24(17)33-25(23)29-34(31,32)16-8-9-16/h2-7,10-12,16H,8-9,13H2,1H3. The van der Waals surface area contributed by atoms with Gasteiger partial charge in [-0.15, -0.1) is 4.40 Å². The fourth-order valence-electron chi connectivity index (χ4n) is 4.35. The van der Waals surface area contributed by atoms with Gasteiger partial charge in [0.05, 0.1) is 17.3 Å². The first-order chi connectivity index (χ1) is 16.3. The molecule has 0 aliphatic heterocycles. The molecule has 0 N–H and O–H groups in total. The number of sulfonamides is 1. The van der Waals surface area contributed by atoms with Gasteiger partial charge in [0.2, 0.25) is 5.71 Å². The smallest absolute Gasteiger partial charge is 0.259 e. The van der Waals surface area contributed by atoms with Crippen molar-refractivity contribution in [1.82, 2.24) is 9.55 Å². The summed E-state index contributed by atoms with van der Waals surface area (Å²) in [5.41, 5.74) is 1.70. The van der Waals surface area contributed by atoms with Crippen LogP contribution in [0.3, 0.4) is 0 Å². The fraction of sp³-hybridized carbons (Fsp3) is 0.200. The molecule has 9 heteroatoms. The van der Waals surface area contributed by atoms with Gasteiger partial charge in [0.1, 0.15) is 17.2 Å². The van der Waals surface area contributed by atoms with Gasteiger partial charge in [0.25, 0.3) is 15.6 Å². The Bertz CT molecular complexity index is 1800. The van der Waals surface area contributed by atoms with E-state index in [4.69, 9.17) is 4.42 Å². The van der Waals surface area contributed by atoms with Crippen molar-refractivity contribution in [3.05, 3.63) is 83.0 Å². The molecule has 172 valence electrons. The van der Waals surface area contributed by atoms with Crippen molar-refractivity contribution in [2.45, 2.75) is 31.6 Å². The third kappa shape index (κ3) is 3.30. The molecule has 5 aromatic rings. The van der Waals surface area contributed by atoms with Crippen molar-refractivity contribution in [3.63, 3.8) is 0 Å². The lowest BCUT2D eigenvalue weighted by Crippen LogP contribution is -2.15. The molecule has 6 nitrogen and oxygen atoms in total. The Morgan fingerprint density at radius 1 is 1.09 bits per heavy atom. The molecule has 1 aliphatic rings. The number of hydrogen-bond donors (Lipinski definition) is 0. The van der Waals surface area contributed by atoms with E-state index < -0.39 is 26.9 Å². The van der Waals surface area contributed by atoms with E-state index in [9.17, 15) is 17.2 Å². The van der Waals surface area contributed by atoms with Crippen molar-refractivity contribution in [1.29, 1.82) is 0 Å². The average Bonchev–Trinajstić information content (AvgIpc) is 3.62. The van der Waals surface area contributed by atoms with E-state index in [-0.39, 0.29) is 17.8 Å². The highest BCUT2D eigenvalue weighted by atomic mass is 32.2. The molecule has 0 amide bonds. The second-order valence-electron chi connectivity index (χ2n) is 8.59. The van der Waals surface area contributed by atoms with Crippen molar-refractivity contribution in [3.8, 4) is 0 Å². The van der Waals surface area contributed by atoms with Crippen molar-refractivity contribution in [2.75, 3.05) is 0 Å². The Labute approximate surface area is 193 Å². The van der Waals surface area contributed by atoms with Crippen LogP contribution in [0.1, 0.15) is 24.0 Å². The number of fused-ring (bicyclic) bond motifs is 5. The molecule has 3 heterocycles. The number of nitrogens with zero attached hydrogens (tertiary/aromatic N) is 3. The molecule has 1 aliphatic carbocycles. The van der Waals surface area contributed by atoms with Crippen LogP contribution in [0, 0.1) is 18.6 Å². The maximum Gasteiger partial charge on any atom is 0.259 e. The predicted octanol–water partition coefficient (Wildman–Crippen LogP) is 4.96. The first-order valence-corrected chi connectivity index (χ1v) is 12.4. The number of benzene rings is 2. The number of aromatic nitrogens is 2. The van der Waals surface area contributed by atoms with Gasteiger partial charge in [0, 0.05) is 27.9 Å². The van der Waals surface area contributed by atoms with Gasteiger partial charge in [0.15, 0.2) is 0 Å². The Balaban J connectivity index is 1.82. The first-order valence-electron chi connectivity index (χ1n) is 10.9. The molecule has 0 radical (unpaired) electrons. The number of hydrogen-bond acceptors (Lipinski definition) is 4.